The SMILES string of the molecule is Cc1ccc(S(=O)(=O)C(=CN)S(=O)(=O)c2ccc(C)cc2)cc1. The molecular formula is C16H17NO4S2. The second kappa shape index (κ2) is 6.17. The van der Waals surface area contributed by atoms with Crippen LogP contribution in [0.15, 0.2) is 68.8 Å². The third-order valence-electron chi connectivity index (χ3n) is 3.33. The van der Waals surface area contributed by atoms with Gasteiger partial charge in [-0.25, -0.2) is 16.8 Å². The number of aryl methyl sites for hydroxylation is 2. The first-order chi connectivity index (χ1) is 10.7. The van der Waals surface area contributed by atoms with Crippen molar-refractivity contribution in [3.63, 3.8) is 0 Å². The zero-order valence-corrected chi connectivity index (χ0v) is 14.4. The van der Waals surface area contributed by atoms with E-state index in [9.17, 15) is 16.8 Å². The standard InChI is InChI=1S/C16H17NO4S2/c1-12-3-7-14(8-4-12)22(18,19)16(11-17)23(20,21)15-9-5-13(2)6-10-15/h3-11H,17H2,1-2H3. The maximum Gasteiger partial charge on any atom is 0.219 e. The normalized spacial score (nSPS) is 11.9. The Kier molecular flexibility index (Phi) is 4.63. The van der Waals surface area contributed by atoms with Crippen molar-refractivity contribution in [3.8, 4) is 0 Å². The van der Waals surface area contributed by atoms with Gasteiger partial charge in [-0.1, -0.05) is 35.4 Å². The number of benzene rings is 2. The van der Waals surface area contributed by atoms with Crippen molar-refractivity contribution >= 4 is 19.7 Å². The maximum atomic E-state index is 12.6. The van der Waals surface area contributed by atoms with E-state index in [0.717, 1.165) is 11.1 Å². The van der Waals surface area contributed by atoms with E-state index in [1.54, 1.807) is 38.1 Å². The van der Waals surface area contributed by atoms with Gasteiger partial charge in [0.25, 0.3) is 0 Å². The van der Waals surface area contributed by atoms with Gasteiger partial charge < -0.3 is 5.73 Å². The molecule has 0 aliphatic heterocycles. The third-order valence-corrected chi connectivity index (χ3v) is 7.76. The molecule has 0 saturated heterocycles. The Bertz CT molecular complexity index is 863. The van der Waals surface area contributed by atoms with Crippen LogP contribution in [-0.2, 0) is 19.7 Å². The van der Waals surface area contributed by atoms with Crippen molar-refractivity contribution < 1.29 is 16.8 Å². The molecule has 2 N–H and O–H groups in total. The van der Waals surface area contributed by atoms with Crippen molar-refractivity contribution in [3.05, 3.63) is 70.1 Å². The van der Waals surface area contributed by atoms with Crippen LogP contribution in [0.4, 0.5) is 0 Å². The highest BCUT2D eigenvalue weighted by Gasteiger charge is 2.33. The quantitative estimate of drug-likeness (QED) is 0.912. The summed E-state index contributed by atoms with van der Waals surface area (Å²) in [5.41, 5.74) is 7.09. The lowest BCUT2D eigenvalue weighted by atomic mass is 10.2. The van der Waals surface area contributed by atoms with E-state index < -0.39 is 23.9 Å². The summed E-state index contributed by atoms with van der Waals surface area (Å²) in [6.45, 7) is 3.61. The molecule has 0 heterocycles. The van der Waals surface area contributed by atoms with Gasteiger partial charge in [0.2, 0.25) is 19.7 Å². The summed E-state index contributed by atoms with van der Waals surface area (Å²) in [4.78, 5) is -0.231. The van der Waals surface area contributed by atoms with Gasteiger partial charge in [-0.15, -0.1) is 0 Å². The van der Waals surface area contributed by atoms with E-state index in [1.807, 2.05) is 0 Å². The Morgan fingerprint density at radius 1 is 0.739 bits per heavy atom. The molecule has 2 aromatic rings. The number of nitrogens with two attached hydrogens (primary N) is 1. The van der Waals surface area contributed by atoms with Crippen molar-refractivity contribution in [2.45, 2.75) is 23.6 Å². The maximum absolute atomic E-state index is 12.6. The zero-order chi connectivity index (χ0) is 17.3. The lowest BCUT2D eigenvalue weighted by Crippen LogP contribution is -2.16. The fourth-order valence-electron chi connectivity index (χ4n) is 1.99. The van der Waals surface area contributed by atoms with Crippen LogP contribution in [0.3, 0.4) is 0 Å². The van der Waals surface area contributed by atoms with Crippen LogP contribution in [0.1, 0.15) is 11.1 Å². The molecule has 2 rings (SSSR count). The minimum Gasteiger partial charge on any atom is -0.403 e. The van der Waals surface area contributed by atoms with Gasteiger partial charge in [0.15, 0.2) is 4.24 Å². The van der Waals surface area contributed by atoms with Gasteiger partial charge in [-0.2, -0.15) is 0 Å². The summed E-state index contributed by atoms with van der Waals surface area (Å²) in [6.07, 6.45) is 0.629. The average molecular weight is 351 g/mol. The molecule has 0 unspecified atom stereocenters. The number of hydrogen-bond acceptors (Lipinski definition) is 5. The second-order valence-electron chi connectivity index (χ2n) is 5.12. The van der Waals surface area contributed by atoms with E-state index in [2.05, 4.69) is 0 Å². The highest BCUT2D eigenvalue weighted by atomic mass is 32.3. The van der Waals surface area contributed by atoms with Crippen LogP contribution in [0.2, 0.25) is 0 Å². The van der Waals surface area contributed by atoms with Crippen LogP contribution in [0.25, 0.3) is 0 Å². The molecule has 0 fully saturated rings. The summed E-state index contributed by atoms with van der Waals surface area (Å²) in [5.74, 6) is 0. The number of rotatable bonds is 4. The monoisotopic (exact) mass is 351 g/mol. The van der Waals surface area contributed by atoms with E-state index in [-0.39, 0.29) is 9.79 Å². The van der Waals surface area contributed by atoms with Gasteiger partial charge in [-0.05, 0) is 38.1 Å². The Balaban J connectivity index is 2.59. The summed E-state index contributed by atoms with van der Waals surface area (Å²) >= 11 is 0. The molecule has 0 amide bonds. The first-order valence-electron chi connectivity index (χ1n) is 6.75. The summed E-state index contributed by atoms with van der Waals surface area (Å²) in [7, 11) is -8.47. The zero-order valence-electron chi connectivity index (χ0n) is 12.7. The minimum absolute atomic E-state index is 0.115. The van der Waals surface area contributed by atoms with Crippen LogP contribution < -0.4 is 5.73 Å². The fourth-order valence-corrected chi connectivity index (χ4v) is 5.54. The van der Waals surface area contributed by atoms with Crippen molar-refractivity contribution in [1.82, 2.24) is 0 Å². The average Bonchev–Trinajstić information content (AvgIpc) is 2.48. The van der Waals surface area contributed by atoms with Gasteiger partial charge in [0.1, 0.15) is 0 Å². The number of hydrogen-bond donors (Lipinski definition) is 1. The molecule has 122 valence electrons. The van der Waals surface area contributed by atoms with Crippen LogP contribution in [-0.4, -0.2) is 16.8 Å². The molecule has 0 atom stereocenters. The third kappa shape index (κ3) is 3.30. The Morgan fingerprint density at radius 3 is 1.30 bits per heavy atom. The first kappa shape index (κ1) is 17.2. The predicted molar refractivity (Wildman–Crippen MR) is 89.0 cm³/mol. The second-order valence-corrected chi connectivity index (χ2v) is 9.21. The van der Waals surface area contributed by atoms with E-state index in [0.29, 0.717) is 6.20 Å². The van der Waals surface area contributed by atoms with Crippen LogP contribution in [0, 0.1) is 13.8 Å². The summed E-state index contributed by atoms with van der Waals surface area (Å²) in [6, 6.07) is 11.8. The molecular weight excluding hydrogens is 334 g/mol. The smallest absolute Gasteiger partial charge is 0.219 e. The molecule has 5 nitrogen and oxygen atoms in total. The Hall–Kier alpha value is -2.12. The first-order valence-corrected chi connectivity index (χ1v) is 9.71. The fraction of sp³-hybridized carbons (Fsp3) is 0.125. The minimum atomic E-state index is -4.24. The van der Waals surface area contributed by atoms with Crippen LogP contribution in [0.5, 0.6) is 0 Å². The molecule has 0 radical (unpaired) electrons. The molecule has 0 spiro atoms. The molecule has 2 aromatic carbocycles. The lowest BCUT2D eigenvalue weighted by molar-refractivity contribution is 0.595. The van der Waals surface area contributed by atoms with Gasteiger partial charge in [0, 0.05) is 6.20 Å². The molecule has 0 aliphatic carbocycles. The molecule has 7 heteroatoms. The van der Waals surface area contributed by atoms with E-state index in [4.69, 9.17) is 5.73 Å². The molecule has 0 aliphatic rings. The van der Waals surface area contributed by atoms with E-state index in [1.165, 1.54) is 24.3 Å². The Labute approximate surface area is 136 Å². The highest BCUT2D eigenvalue weighted by Crippen LogP contribution is 2.28. The molecule has 0 bridgehead atoms. The van der Waals surface area contributed by atoms with E-state index >= 15 is 0 Å². The Morgan fingerprint density at radius 2 is 1.04 bits per heavy atom. The van der Waals surface area contributed by atoms with Gasteiger partial charge in [0.05, 0.1) is 9.79 Å². The summed E-state index contributed by atoms with van der Waals surface area (Å²) in [5, 5.41) is 0. The molecule has 0 saturated carbocycles. The summed E-state index contributed by atoms with van der Waals surface area (Å²) < 4.78 is 49.7. The van der Waals surface area contributed by atoms with Crippen LogP contribution >= 0.6 is 0 Å². The van der Waals surface area contributed by atoms with Crippen molar-refractivity contribution in [1.29, 1.82) is 0 Å². The van der Waals surface area contributed by atoms with Gasteiger partial charge >= 0.3 is 0 Å². The molecule has 23 heavy (non-hydrogen) atoms. The highest BCUT2D eigenvalue weighted by molar-refractivity contribution is 8.14. The largest absolute Gasteiger partial charge is 0.403 e. The van der Waals surface area contributed by atoms with Crippen molar-refractivity contribution in [2.24, 2.45) is 5.73 Å². The number of sulfone groups is 2. The van der Waals surface area contributed by atoms with Crippen molar-refractivity contribution in [2.75, 3.05) is 0 Å². The molecule has 0 aromatic heterocycles. The lowest BCUT2D eigenvalue weighted by Gasteiger charge is -2.10. The topological polar surface area (TPSA) is 94.3 Å². The van der Waals surface area contributed by atoms with Gasteiger partial charge in [-0.3, -0.25) is 0 Å². The predicted octanol–water partition coefficient (Wildman–Crippen LogP) is 2.31.